The van der Waals surface area contributed by atoms with Gasteiger partial charge in [-0.25, -0.2) is 0 Å². The molecule has 5 nitrogen and oxygen atoms in total. The van der Waals surface area contributed by atoms with E-state index in [4.69, 9.17) is 9.47 Å². The predicted octanol–water partition coefficient (Wildman–Crippen LogP) is 5.85. The second-order valence-corrected chi connectivity index (χ2v) is 7.63. The van der Waals surface area contributed by atoms with Gasteiger partial charge in [0.1, 0.15) is 0 Å². The third-order valence-electron chi connectivity index (χ3n) is 4.45. The van der Waals surface area contributed by atoms with Crippen LogP contribution in [0.4, 0.5) is 5.69 Å². The number of methoxy groups -OCH3 is 1. The summed E-state index contributed by atoms with van der Waals surface area (Å²) in [6.45, 7) is 1.83. The van der Waals surface area contributed by atoms with Gasteiger partial charge in [-0.2, -0.15) is 5.26 Å². The van der Waals surface area contributed by atoms with Gasteiger partial charge in [0.15, 0.2) is 18.1 Å². The standard InChI is InChI=1S/C25H21BrN2O3/c1-17-8-10-19(11-9-17)20(15-27)12-18-13-22(26)25(23(14-18)30-2)31-16-24(29)28-21-6-4-3-5-7-21/h3-14H,16H2,1-2H3,(H,28,29)/b20-12+. The topological polar surface area (TPSA) is 71.3 Å². The molecule has 1 amide bonds. The fourth-order valence-electron chi connectivity index (χ4n) is 2.90. The van der Waals surface area contributed by atoms with Crippen LogP contribution in [-0.4, -0.2) is 19.6 Å². The number of ether oxygens (including phenoxy) is 2. The number of nitriles is 1. The van der Waals surface area contributed by atoms with Gasteiger partial charge >= 0.3 is 0 Å². The monoisotopic (exact) mass is 476 g/mol. The van der Waals surface area contributed by atoms with E-state index in [1.54, 1.807) is 24.3 Å². The highest BCUT2D eigenvalue weighted by atomic mass is 79.9. The van der Waals surface area contributed by atoms with Crippen molar-refractivity contribution in [2.75, 3.05) is 19.0 Å². The number of carbonyl (C=O) groups is 1. The third-order valence-corrected chi connectivity index (χ3v) is 5.04. The summed E-state index contributed by atoms with van der Waals surface area (Å²) < 4.78 is 11.8. The van der Waals surface area contributed by atoms with Gasteiger partial charge in [0.25, 0.3) is 5.91 Å². The number of benzene rings is 3. The summed E-state index contributed by atoms with van der Waals surface area (Å²) in [5, 5.41) is 12.4. The highest BCUT2D eigenvalue weighted by Crippen LogP contribution is 2.37. The van der Waals surface area contributed by atoms with Crippen LogP contribution in [0.3, 0.4) is 0 Å². The molecule has 0 aliphatic rings. The number of hydrogen-bond acceptors (Lipinski definition) is 4. The Morgan fingerprint density at radius 2 is 1.84 bits per heavy atom. The highest BCUT2D eigenvalue weighted by Gasteiger charge is 2.14. The molecular weight excluding hydrogens is 456 g/mol. The fourth-order valence-corrected chi connectivity index (χ4v) is 3.47. The Kier molecular flexibility index (Phi) is 7.47. The van der Waals surface area contributed by atoms with Crippen LogP contribution < -0.4 is 14.8 Å². The molecule has 3 aromatic carbocycles. The van der Waals surface area contributed by atoms with Crippen LogP contribution in [-0.2, 0) is 4.79 Å². The second kappa shape index (κ2) is 10.5. The summed E-state index contributed by atoms with van der Waals surface area (Å²) in [6.07, 6.45) is 1.78. The molecule has 0 aliphatic heterocycles. The van der Waals surface area contributed by atoms with E-state index in [9.17, 15) is 10.1 Å². The molecule has 31 heavy (non-hydrogen) atoms. The first-order valence-corrected chi connectivity index (χ1v) is 10.3. The van der Waals surface area contributed by atoms with Gasteiger partial charge in [0.2, 0.25) is 0 Å². The Morgan fingerprint density at radius 3 is 2.48 bits per heavy atom. The number of allylic oxidation sites excluding steroid dienone is 1. The molecule has 156 valence electrons. The van der Waals surface area contributed by atoms with Crippen molar-refractivity contribution in [3.63, 3.8) is 0 Å². The number of carbonyl (C=O) groups excluding carboxylic acids is 1. The minimum absolute atomic E-state index is 0.175. The Balaban J connectivity index is 1.78. The smallest absolute Gasteiger partial charge is 0.262 e. The maximum absolute atomic E-state index is 12.2. The molecule has 3 rings (SSSR count). The lowest BCUT2D eigenvalue weighted by atomic mass is 10.0. The molecule has 0 aliphatic carbocycles. The third kappa shape index (κ3) is 5.97. The molecule has 0 unspecified atom stereocenters. The largest absolute Gasteiger partial charge is 0.493 e. The molecule has 0 saturated carbocycles. The number of hydrogen-bond donors (Lipinski definition) is 1. The van der Waals surface area contributed by atoms with Crippen molar-refractivity contribution in [3.8, 4) is 17.6 Å². The zero-order valence-corrected chi connectivity index (χ0v) is 18.8. The summed E-state index contributed by atoms with van der Waals surface area (Å²) in [4.78, 5) is 12.2. The first-order chi connectivity index (χ1) is 15.0. The van der Waals surface area contributed by atoms with E-state index in [0.29, 0.717) is 27.2 Å². The Bertz CT molecular complexity index is 1130. The van der Waals surface area contributed by atoms with Crippen LogP contribution in [0.15, 0.2) is 71.2 Å². The van der Waals surface area contributed by atoms with Crippen molar-refractivity contribution in [3.05, 3.63) is 87.9 Å². The highest BCUT2D eigenvalue weighted by molar-refractivity contribution is 9.10. The number of aryl methyl sites for hydroxylation is 1. The lowest BCUT2D eigenvalue weighted by molar-refractivity contribution is -0.118. The molecule has 0 spiro atoms. The maximum Gasteiger partial charge on any atom is 0.262 e. The van der Waals surface area contributed by atoms with E-state index in [0.717, 1.165) is 16.7 Å². The average Bonchev–Trinajstić information content (AvgIpc) is 2.77. The summed E-state index contributed by atoms with van der Waals surface area (Å²) in [5.41, 5.74) is 3.96. The van der Waals surface area contributed by atoms with Gasteiger partial charge in [-0.15, -0.1) is 0 Å². The Hall–Kier alpha value is -3.56. The van der Waals surface area contributed by atoms with Crippen molar-refractivity contribution in [2.45, 2.75) is 6.92 Å². The molecule has 0 saturated heterocycles. The predicted molar refractivity (Wildman–Crippen MR) is 126 cm³/mol. The van der Waals surface area contributed by atoms with Crippen LogP contribution in [0, 0.1) is 18.3 Å². The SMILES string of the molecule is COc1cc(/C=C(\C#N)c2ccc(C)cc2)cc(Br)c1OCC(=O)Nc1ccccc1. The molecule has 0 fully saturated rings. The van der Waals surface area contributed by atoms with E-state index < -0.39 is 0 Å². The van der Waals surface area contributed by atoms with Gasteiger partial charge in [-0.1, -0.05) is 48.0 Å². The number of halogens is 1. The van der Waals surface area contributed by atoms with E-state index in [1.165, 1.54) is 7.11 Å². The molecular formula is C25H21BrN2O3. The zero-order chi connectivity index (χ0) is 22.2. The average molecular weight is 477 g/mol. The lowest BCUT2D eigenvalue weighted by Gasteiger charge is -2.14. The van der Waals surface area contributed by atoms with Gasteiger partial charge in [0, 0.05) is 5.69 Å². The molecule has 0 heterocycles. The second-order valence-electron chi connectivity index (χ2n) is 6.77. The number of amides is 1. The summed E-state index contributed by atoms with van der Waals surface area (Å²) in [6, 6.07) is 22.8. The van der Waals surface area contributed by atoms with Crippen LogP contribution in [0.2, 0.25) is 0 Å². The van der Waals surface area contributed by atoms with Crippen LogP contribution in [0.1, 0.15) is 16.7 Å². The number of para-hydroxylation sites is 1. The molecule has 0 aromatic heterocycles. The van der Waals surface area contributed by atoms with E-state index in [-0.39, 0.29) is 12.5 Å². The van der Waals surface area contributed by atoms with E-state index in [1.807, 2.05) is 55.5 Å². The van der Waals surface area contributed by atoms with Crippen molar-refractivity contribution >= 4 is 39.2 Å². The molecule has 0 radical (unpaired) electrons. The van der Waals surface area contributed by atoms with Crippen molar-refractivity contribution < 1.29 is 14.3 Å². The van der Waals surface area contributed by atoms with E-state index in [2.05, 4.69) is 27.3 Å². The van der Waals surface area contributed by atoms with Crippen LogP contribution in [0.5, 0.6) is 11.5 Å². The van der Waals surface area contributed by atoms with Gasteiger partial charge < -0.3 is 14.8 Å². The number of nitrogens with one attached hydrogen (secondary N) is 1. The first kappa shape index (κ1) is 22.1. The maximum atomic E-state index is 12.2. The zero-order valence-electron chi connectivity index (χ0n) is 17.2. The summed E-state index contributed by atoms with van der Waals surface area (Å²) in [5.74, 6) is 0.585. The van der Waals surface area contributed by atoms with E-state index >= 15 is 0 Å². The Morgan fingerprint density at radius 1 is 1.13 bits per heavy atom. The van der Waals surface area contributed by atoms with Gasteiger partial charge in [0.05, 0.1) is 23.2 Å². The minimum atomic E-state index is -0.282. The number of anilines is 1. The first-order valence-electron chi connectivity index (χ1n) is 9.54. The van der Waals surface area contributed by atoms with Crippen molar-refractivity contribution in [1.29, 1.82) is 5.26 Å². The normalized spacial score (nSPS) is 10.8. The van der Waals surface area contributed by atoms with Crippen LogP contribution >= 0.6 is 15.9 Å². The lowest BCUT2D eigenvalue weighted by Crippen LogP contribution is -2.20. The molecule has 3 aromatic rings. The minimum Gasteiger partial charge on any atom is -0.493 e. The van der Waals surface area contributed by atoms with Gasteiger partial charge in [-0.05, 0) is 64.3 Å². The number of rotatable bonds is 7. The summed E-state index contributed by atoms with van der Waals surface area (Å²) in [7, 11) is 1.53. The number of nitrogens with zero attached hydrogens (tertiary/aromatic N) is 1. The Labute approximate surface area is 190 Å². The molecule has 0 bridgehead atoms. The fraction of sp³-hybridized carbons (Fsp3) is 0.120. The summed E-state index contributed by atoms with van der Waals surface area (Å²) >= 11 is 3.48. The van der Waals surface area contributed by atoms with Gasteiger partial charge in [-0.3, -0.25) is 4.79 Å². The molecule has 0 atom stereocenters. The molecule has 1 N–H and O–H groups in total. The van der Waals surface area contributed by atoms with Crippen LogP contribution in [0.25, 0.3) is 11.6 Å². The van der Waals surface area contributed by atoms with Crippen molar-refractivity contribution in [1.82, 2.24) is 0 Å². The molecule has 6 heteroatoms. The quantitative estimate of drug-likeness (QED) is 0.343. The van der Waals surface area contributed by atoms with Crippen molar-refractivity contribution in [2.24, 2.45) is 0 Å².